The third-order valence-corrected chi connectivity index (χ3v) is 3.91. The van der Waals surface area contributed by atoms with E-state index in [4.69, 9.17) is 10.7 Å². The Hall–Kier alpha value is 0.650. The highest BCUT2D eigenvalue weighted by Crippen LogP contribution is 2.57. The maximum atomic E-state index is 5.11. The molecule has 5 atom stereocenters. The third kappa shape index (κ3) is 1.55. The van der Waals surface area contributed by atoms with E-state index in [0.29, 0.717) is 6.10 Å². The van der Waals surface area contributed by atoms with Crippen molar-refractivity contribution in [3.63, 3.8) is 0 Å². The minimum atomic E-state index is 0.403. The second-order valence-electron chi connectivity index (χ2n) is 3.82. The molecular formula is C8H14INO. The molecule has 2 saturated carbocycles. The molecule has 0 radical (unpaired) electrons. The van der Waals surface area contributed by atoms with E-state index in [0.717, 1.165) is 21.7 Å². The number of alkyl halides is 1. The fourth-order valence-corrected chi connectivity index (χ4v) is 2.88. The van der Waals surface area contributed by atoms with Crippen LogP contribution in [0.1, 0.15) is 19.8 Å². The summed E-state index contributed by atoms with van der Waals surface area (Å²) in [6.45, 7) is 2.30. The number of halogens is 1. The van der Waals surface area contributed by atoms with Crippen LogP contribution in [0.15, 0.2) is 0 Å². The predicted molar refractivity (Wildman–Crippen MR) is 52.2 cm³/mol. The van der Waals surface area contributed by atoms with Crippen molar-refractivity contribution in [3.05, 3.63) is 0 Å². The van der Waals surface area contributed by atoms with E-state index in [1.54, 1.807) is 0 Å². The molecule has 0 heterocycles. The van der Waals surface area contributed by atoms with Crippen molar-refractivity contribution < 1.29 is 4.84 Å². The van der Waals surface area contributed by atoms with Crippen LogP contribution in [-0.2, 0) is 4.84 Å². The molecule has 2 N–H and O–H groups in total. The Bertz CT molecular complexity index is 162. The normalized spacial score (nSPS) is 50.5. The zero-order valence-corrected chi connectivity index (χ0v) is 8.82. The molecule has 0 bridgehead atoms. The fraction of sp³-hybridized carbons (Fsp3) is 1.00. The van der Waals surface area contributed by atoms with Gasteiger partial charge in [-0.2, -0.15) is 0 Å². The van der Waals surface area contributed by atoms with E-state index in [1.165, 1.54) is 12.8 Å². The van der Waals surface area contributed by atoms with E-state index in [2.05, 4.69) is 29.5 Å². The molecule has 2 fully saturated rings. The average Bonchev–Trinajstić information content (AvgIpc) is 2.83. The van der Waals surface area contributed by atoms with Crippen LogP contribution >= 0.6 is 22.6 Å². The molecule has 0 spiro atoms. The van der Waals surface area contributed by atoms with Gasteiger partial charge in [0.2, 0.25) is 0 Å². The lowest BCUT2D eigenvalue weighted by Gasteiger charge is -1.99. The first-order valence-electron chi connectivity index (χ1n) is 4.23. The SMILES string of the molecule is CC(I)C1CC1C1CC1ON. The molecule has 3 heteroatoms. The smallest absolute Gasteiger partial charge is 0.0822 e. The van der Waals surface area contributed by atoms with Crippen molar-refractivity contribution in [2.45, 2.75) is 29.8 Å². The third-order valence-electron chi connectivity index (χ3n) is 2.98. The highest BCUT2D eigenvalue weighted by Gasteiger charge is 2.55. The van der Waals surface area contributed by atoms with Crippen molar-refractivity contribution in [2.75, 3.05) is 0 Å². The Morgan fingerprint density at radius 3 is 2.55 bits per heavy atom. The highest BCUT2D eigenvalue weighted by molar-refractivity contribution is 14.1. The maximum Gasteiger partial charge on any atom is 0.0822 e. The van der Waals surface area contributed by atoms with E-state index >= 15 is 0 Å². The molecule has 2 aliphatic rings. The van der Waals surface area contributed by atoms with Gasteiger partial charge >= 0.3 is 0 Å². The van der Waals surface area contributed by atoms with Gasteiger partial charge in [-0.05, 0) is 30.6 Å². The second-order valence-corrected chi connectivity index (χ2v) is 5.78. The lowest BCUT2D eigenvalue weighted by atomic mass is 10.2. The number of nitrogens with two attached hydrogens (primary N) is 1. The van der Waals surface area contributed by atoms with E-state index < -0.39 is 0 Å². The monoisotopic (exact) mass is 267 g/mol. The lowest BCUT2D eigenvalue weighted by molar-refractivity contribution is 0.108. The molecule has 2 nitrogen and oxygen atoms in total. The van der Waals surface area contributed by atoms with Crippen LogP contribution in [0.25, 0.3) is 0 Å². The number of rotatable bonds is 3. The molecule has 0 aliphatic heterocycles. The molecule has 5 unspecified atom stereocenters. The van der Waals surface area contributed by atoms with Gasteiger partial charge in [-0.3, -0.25) is 0 Å². The van der Waals surface area contributed by atoms with Gasteiger partial charge in [0.05, 0.1) is 6.10 Å². The topological polar surface area (TPSA) is 35.2 Å². The van der Waals surface area contributed by atoms with Crippen LogP contribution in [-0.4, -0.2) is 10.0 Å². The van der Waals surface area contributed by atoms with Crippen LogP contribution in [0, 0.1) is 17.8 Å². The molecule has 0 aromatic heterocycles. The summed E-state index contributed by atoms with van der Waals surface area (Å²) in [4.78, 5) is 4.80. The molecule has 11 heavy (non-hydrogen) atoms. The van der Waals surface area contributed by atoms with Crippen molar-refractivity contribution >= 4 is 22.6 Å². The van der Waals surface area contributed by atoms with E-state index in [1.807, 2.05) is 0 Å². The van der Waals surface area contributed by atoms with Crippen LogP contribution < -0.4 is 5.90 Å². The fourth-order valence-electron chi connectivity index (χ4n) is 2.05. The Morgan fingerprint density at radius 2 is 2.18 bits per heavy atom. The molecule has 2 rings (SSSR count). The minimum Gasteiger partial charge on any atom is -0.301 e. The first-order chi connectivity index (χ1) is 5.24. The maximum absolute atomic E-state index is 5.11. The molecule has 0 amide bonds. The van der Waals surface area contributed by atoms with Gasteiger partial charge < -0.3 is 4.84 Å². The van der Waals surface area contributed by atoms with Crippen LogP contribution in [0.2, 0.25) is 0 Å². The first kappa shape index (κ1) is 8.26. The van der Waals surface area contributed by atoms with Crippen molar-refractivity contribution in [1.29, 1.82) is 0 Å². The minimum absolute atomic E-state index is 0.403. The summed E-state index contributed by atoms with van der Waals surface area (Å²) in [5.41, 5.74) is 0. The Balaban J connectivity index is 1.76. The van der Waals surface area contributed by atoms with Gasteiger partial charge in [0.1, 0.15) is 0 Å². The standard InChI is InChI=1S/C8H14INO/c1-4(9)5-2-6(5)7-3-8(7)11-10/h4-8H,2-3,10H2,1H3. The Morgan fingerprint density at radius 1 is 1.45 bits per heavy atom. The summed E-state index contributed by atoms with van der Waals surface area (Å²) >= 11 is 2.52. The predicted octanol–water partition coefficient (Wildman–Crippen LogP) is 1.72. The highest BCUT2D eigenvalue weighted by atomic mass is 127. The zero-order chi connectivity index (χ0) is 8.01. The van der Waals surface area contributed by atoms with Gasteiger partial charge in [-0.1, -0.05) is 29.5 Å². The second kappa shape index (κ2) is 2.85. The Labute approximate surface area is 81.0 Å². The molecule has 0 saturated heterocycles. The van der Waals surface area contributed by atoms with E-state index in [-0.39, 0.29) is 0 Å². The van der Waals surface area contributed by atoms with Gasteiger partial charge in [0, 0.05) is 3.92 Å². The quantitative estimate of drug-likeness (QED) is 0.480. The molecule has 0 aromatic rings. The van der Waals surface area contributed by atoms with E-state index in [9.17, 15) is 0 Å². The van der Waals surface area contributed by atoms with Crippen molar-refractivity contribution in [2.24, 2.45) is 23.7 Å². The van der Waals surface area contributed by atoms with Crippen LogP contribution in [0.5, 0.6) is 0 Å². The molecule has 2 aliphatic carbocycles. The van der Waals surface area contributed by atoms with Gasteiger partial charge in [0.15, 0.2) is 0 Å². The largest absolute Gasteiger partial charge is 0.301 e. The first-order valence-corrected chi connectivity index (χ1v) is 5.48. The summed E-state index contributed by atoms with van der Waals surface area (Å²) in [7, 11) is 0. The van der Waals surface area contributed by atoms with Crippen LogP contribution in [0.3, 0.4) is 0 Å². The molecular weight excluding hydrogens is 253 g/mol. The van der Waals surface area contributed by atoms with Crippen molar-refractivity contribution in [3.8, 4) is 0 Å². The average molecular weight is 267 g/mol. The Kier molecular flexibility index (Phi) is 2.14. The number of hydrogen-bond acceptors (Lipinski definition) is 2. The number of hydrogen-bond donors (Lipinski definition) is 1. The van der Waals surface area contributed by atoms with Crippen molar-refractivity contribution in [1.82, 2.24) is 0 Å². The van der Waals surface area contributed by atoms with Gasteiger partial charge in [0.25, 0.3) is 0 Å². The lowest BCUT2D eigenvalue weighted by Crippen LogP contribution is -2.05. The summed E-state index contributed by atoms with van der Waals surface area (Å²) in [6, 6.07) is 0. The molecule has 0 aromatic carbocycles. The summed E-state index contributed by atoms with van der Waals surface area (Å²) in [5, 5.41) is 0. The van der Waals surface area contributed by atoms with Crippen LogP contribution in [0.4, 0.5) is 0 Å². The summed E-state index contributed by atoms with van der Waals surface area (Å²) in [6.07, 6.45) is 3.02. The summed E-state index contributed by atoms with van der Waals surface area (Å²) < 4.78 is 0.830. The van der Waals surface area contributed by atoms with Gasteiger partial charge in [-0.15, -0.1) is 0 Å². The zero-order valence-electron chi connectivity index (χ0n) is 6.66. The molecule has 64 valence electrons. The van der Waals surface area contributed by atoms with Gasteiger partial charge in [-0.25, -0.2) is 5.90 Å². The summed E-state index contributed by atoms with van der Waals surface area (Å²) in [5.74, 6) is 7.82.